The number of carbonyl (C=O) groups excluding carboxylic acids is 2. The Labute approximate surface area is 167 Å². The van der Waals surface area contributed by atoms with Gasteiger partial charge < -0.3 is 19.5 Å². The molecule has 1 aromatic heterocycles. The molecule has 1 aromatic rings. The molecule has 0 unspecified atom stereocenters. The predicted octanol–water partition coefficient (Wildman–Crippen LogP) is 2.09. The van der Waals surface area contributed by atoms with E-state index < -0.39 is 5.60 Å². The van der Waals surface area contributed by atoms with Crippen molar-refractivity contribution in [1.29, 1.82) is 0 Å². The zero-order chi connectivity index (χ0) is 20.6. The van der Waals surface area contributed by atoms with Gasteiger partial charge in [-0.15, -0.1) is 0 Å². The van der Waals surface area contributed by atoms with Gasteiger partial charge in [-0.3, -0.25) is 9.79 Å². The van der Waals surface area contributed by atoms with E-state index in [-0.39, 0.29) is 19.6 Å². The van der Waals surface area contributed by atoms with Crippen LogP contribution in [-0.4, -0.2) is 64.5 Å². The van der Waals surface area contributed by atoms with Crippen LogP contribution in [0.2, 0.25) is 0 Å². The number of amides is 1. The number of piperazine rings is 1. The summed E-state index contributed by atoms with van der Waals surface area (Å²) < 4.78 is 5.58. The van der Waals surface area contributed by atoms with Crippen molar-refractivity contribution < 1.29 is 15.8 Å². The number of rotatable bonds is 2. The minimum Gasteiger partial charge on any atom is -0.444 e. The largest absolute Gasteiger partial charge is 0.444 e. The highest BCUT2D eigenvalue weighted by atomic mass is 16.6. The number of nitrogens with zero attached hydrogens (tertiary/aromatic N) is 3. The third-order valence-electron chi connectivity index (χ3n) is 5.18. The summed E-state index contributed by atoms with van der Waals surface area (Å²) in [4.78, 5) is 36.0. The maximum Gasteiger partial charge on any atom is 0.410 e. The Kier molecular flexibility index (Phi) is 5.37. The van der Waals surface area contributed by atoms with Crippen LogP contribution >= 0.6 is 0 Å². The number of H-pyrrole nitrogens is 1. The topological polar surface area (TPSA) is 78.0 Å². The van der Waals surface area contributed by atoms with E-state index in [4.69, 9.17) is 4.74 Å². The first-order valence-corrected chi connectivity index (χ1v) is 9.77. The Morgan fingerprint density at radius 3 is 2.68 bits per heavy atom. The first kappa shape index (κ1) is 20.2. The van der Waals surface area contributed by atoms with Crippen LogP contribution in [0.3, 0.4) is 0 Å². The number of aromatic amines is 1. The number of nitrogens with one attached hydrogen (secondary N) is 1. The molecule has 7 nitrogen and oxygen atoms in total. The van der Waals surface area contributed by atoms with Crippen molar-refractivity contribution in [3.8, 4) is 0 Å². The van der Waals surface area contributed by atoms with Gasteiger partial charge in [0.15, 0.2) is 6.29 Å². The van der Waals surface area contributed by atoms with E-state index in [2.05, 4.69) is 34.8 Å². The first-order valence-electron chi connectivity index (χ1n) is 9.77. The van der Waals surface area contributed by atoms with Crippen molar-refractivity contribution in [3.05, 3.63) is 34.1 Å². The zero-order valence-corrected chi connectivity index (χ0v) is 17.6. The monoisotopic (exact) mass is 388 g/mol. The van der Waals surface area contributed by atoms with Crippen molar-refractivity contribution in [2.24, 2.45) is 4.99 Å². The lowest BCUT2D eigenvalue weighted by molar-refractivity contribution is -0.000903. The van der Waals surface area contributed by atoms with Crippen molar-refractivity contribution >= 4 is 18.1 Å². The Morgan fingerprint density at radius 1 is 1.32 bits per heavy atom. The van der Waals surface area contributed by atoms with Gasteiger partial charge in [0.25, 0.3) is 0 Å². The lowest BCUT2D eigenvalue weighted by Crippen LogP contribution is -2.59. The molecule has 3 rings (SSSR count). The van der Waals surface area contributed by atoms with Gasteiger partial charge in [-0.1, -0.05) is 6.08 Å². The average molecular weight is 389 g/mol. The molecule has 28 heavy (non-hydrogen) atoms. The average Bonchev–Trinajstić information content (AvgIpc) is 2.91. The summed E-state index contributed by atoms with van der Waals surface area (Å²) in [6.45, 7) is 13.6. The molecule has 1 N–H and O–H groups in total. The van der Waals surface area contributed by atoms with E-state index in [0.717, 1.165) is 28.3 Å². The van der Waals surface area contributed by atoms with Crippen LogP contribution in [0.5, 0.6) is 0 Å². The number of carbonyl (C=O) groups is 2. The normalized spacial score (nSPS) is 22.8. The second-order valence-electron chi connectivity index (χ2n) is 8.65. The summed E-state index contributed by atoms with van der Waals surface area (Å²) in [7, 11) is 0. The van der Waals surface area contributed by atoms with E-state index in [1.807, 2.05) is 27.7 Å². The second kappa shape index (κ2) is 7.45. The molecule has 1 fully saturated rings. The van der Waals surface area contributed by atoms with E-state index >= 15 is 0 Å². The van der Waals surface area contributed by atoms with Crippen LogP contribution in [-0.2, 0) is 4.74 Å². The van der Waals surface area contributed by atoms with Crippen molar-refractivity contribution in [2.45, 2.75) is 59.2 Å². The number of fused-ring (bicyclic) bond motifs is 1. The molecule has 0 aromatic carbocycles. The first-order chi connectivity index (χ1) is 13.1. The van der Waals surface area contributed by atoms with E-state index in [0.29, 0.717) is 25.2 Å². The molecule has 1 amide bonds. The highest BCUT2D eigenvalue weighted by Crippen LogP contribution is 2.26. The van der Waals surface area contributed by atoms with Crippen molar-refractivity contribution in [1.82, 2.24) is 14.8 Å². The van der Waals surface area contributed by atoms with E-state index in [1.54, 1.807) is 11.1 Å². The standard InChI is InChI=1S/C21H30N4O3.H2/c1-13-7-8-22-19-17(16(12-26)9-23-19)18(13)24-10-15(3)25(11-14(24)2)20(27)28-21(4,5)6;/h7,9,12,14-15H,8,10-11H2,1-6H3,(H,22,23);1H/t14-,15+;/m0./s1. The van der Waals surface area contributed by atoms with Gasteiger partial charge in [-0.25, -0.2) is 4.79 Å². The molecule has 7 heteroatoms. The van der Waals surface area contributed by atoms with E-state index in [9.17, 15) is 9.59 Å². The molecule has 154 valence electrons. The Balaban J connectivity index is 0.00000300. The third kappa shape index (κ3) is 3.84. The summed E-state index contributed by atoms with van der Waals surface area (Å²) in [6, 6.07) is 0.0519. The fourth-order valence-electron chi connectivity index (χ4n) is 3.84. The van der Waals surface area contributed by atoms with Crippen LogP contribution in [0.4, 0.5) is 4.79 Å². The zero-order valence-electron chi connectivity index (χ0n) is 17.6. The molecule has 1 saturated heterocycles. The molecular formula is C21H32N4O3. The maximum absolute atomic E-state index is 12.6. The van der Waals surface area contributed by atoms with Crippen molar-refractivity contribution in [2.75, 3.05) is 19.6 Å². The number of aromatic nitrogens is 1. The SMILES string of the molecule is CC1=CCN=c2[nH]cc(C=O)c2=C1N1C[C@@H](C)N(C(=O)OC(C)(C)C)C[C@@H]1C.[HH]. The van der Waals surface area contributed by atoms with Gasteiger partial charge in [0.05, 0.1) is 17.5 Å². The third-order valence-corrected chi connectivity index (χ3v) is 5.18. The van der Waals surface area contributed by atoms with Crippen LogP contribution in [0, 0.1) is 0 Å². The molecule has 2 atom stereocenters. The van der Waals surface area contributed by atoms with Gasteiger partial charge in [0.1, 0.15) is 11.1 Å². The molecule has 0 saturated carbocycles. The summed E-state index contributed by atoms with van der Waals surface area (Å²) in [5.74, 6) is 0. The lowest BCUT2D eigenvalue weighted by atomic mass is 10.0. The fourth-order valence-corrected chi connectivity index (χ4v) is 3.84. The highest BCUT2D eigenvalue weighted by Gasteiger charge is 2.36. The minimum absolute atomic E-state index is 0. The van der Waals surface area contributed by atoms with Gasteiger partial charge in [-0.05, 0) is 47.1 Å². The fraction of sp³-hybridized carbons (Fsp3) is 0.571. The van der Waals surface area contributed by atoms with Crippen LogP contribution in [0.25, 0.3) is 5.70 Å². The minimum atomic E-state index is -0.521. The molecular weight excluding hydrogens is 356 g/mol. The summed E-state index contributed by atoms with van der Waals surface area (Å²) in [5.41, 5.74) is 2.93. The number of ether oxygens (including phenoxy) is 1. The Bertz CT molecular complexity index is 929. The van der Waals surface area contributed by atoms with Crippen LogP contribution < -0.4 is 10.7 Å². The lowest BCUT2D eigenvalue weighted by Gasteiger charge is -2.46. The van der Waals surface area contributed by atoms with Crippen molar-refractivity contribution in [3.63, 3.8) is 0 Å². The number of hydrogen-bond acceptors (Lipinski definition) is 5. The molecule has 2 aliphatic heterocycles. The number of aldehydes is 1. The maximum atomic E-state index is 12.6. The molecule has 3 heterocycles. The Hall–Kier alpha value is -2.57. The molecule has 0 radical (unpaired) electrons. The smallest absolute Gasteiger partial charge is 0.410 e. The van der Waals surface area contributed by atoms with Gasteiger partial charge >= 0.3 is 6.09 Å². The van der Waals surface area contributed by atoms with E-state index in [1.165, 1.54) is 0 Å². The van der Waals surface area contributed by atoms with Crippen LogP contribution in [0.1, 0.15) is 53.3 Å². The van der Waals surface area contributed by atoms with Gasteiger partial charge in [0.2, 0.25) is 0 Å². The van der Waals surface area contributed by atoms with Crippen LogP contribution in [0.15, 0.2) is 22.8 Å². The second-order valence-corrected chi connectivity index (χ2v) is 8.65. The number of hydrogen-bond donors (Lipinski definition) is 1. The molecule has 0 bridgehead atoms. The van der Waals surface area contributed by atoms with Gasteiger partial charge in [-0.2, -0.15) is 0 Å². The Morgan fingerprint density at radius 2 is 2.04 bits per heavy atom. The highest BCUT2D eigenvalue weighted by molar-refractivity contribution is 5.78. The molecule has 0 spiro atoms. The predicted molar refractivity (Wildman–Crippen MR) is 110 cm³/mol. The molecule has 2 aliphatic rings. The quantitative estimate of drug-likeness (QED) is 0.787. The summed E-state index contributed by atoms with van der Waals surface area (Å²) in [5, 5.41) is 0.853. The summed E-state index contributed by atoms with van der Waals surface area (Å²) in [6.07, 6.45) is 4.38. The summed E-state index contributed by atoms with van der Waals surface area (Å²) >= 11 is 0. The van der Waals surface area contributed by atoms with Gasteiger partial charge in [0, 0.05) is 38.4 Å². The molecule has 0 aliphatic carbocycles.